The van der Waals surface area contributed by atoms with Crippen molar-refractivity contribution >= 4 is 16.6 Å². The smallest absolute Gasteiger partial charge is 0.269 e. The van der Waals surface area contributed by atoms with Crippen molar-refractivity contribution < 1.29 is 4.92 Å². The van der Waals surface area contributed by atoms with Gasteiger partial charge in [-0.1, -0.05) is 24.3 Å². The van der Waals surface area contributed by atoms with Crippen molar-refractivity contribution in [3.63, 3.8) is 0 Å². The topological polar surface area (TPSA) is 93.8 Å². The molecule has 7 heteroatoms. The van der Waals surface area contributed by atoms with Crippen LogP contribution < -0.4 is 5.56 Å². The first-order valence-electron chi connectivity index (χ1n) is 7.97. The molecule has 0 unspecified atom stereocenters. The van der Waals surface area contributed by atoms with Crippen molar-refractivity contribution in [3.05, 3.63) is 93.0 Å². The van der Waals surface area contributed by atoms with Gasteiger partial charge in [0.2, 0.25) is 0 Å². The third-order valence-corrected chi connectivity index (χ3v) is 4.23. The number of rotatable bonds is 4. The standard InChI is InChI=1S/C19H14N4O3/c24-19-7-6-16(14-4-5-15-10-20-21-18(15)9-14)12-22(19)11-13-2-1-3-17(8-13)23(25)26/h1-10,12H,11H2,(H,20,21). The van der Waals surface area contributed by atoms with Crippen LogP contribution in [-0.4, -0.2) is 19.7 Å². The Bertz CT molecular complexity index is 1180. The molecule has 128 valence electrons. The SMILES string of the molecule is O=c1ccc(-c2ccc3cn[nH]c3c2)cn1Cc1cccc([N+](=O)[O-])c1. The zero-order valence-electron chi connectivity index (χ0n) is 13.6. The van der Waals surface area contributed by atoms with E-state index in [0.29, 0.717) is 5.56 Å². The van der Waals surface area contributed by atoms with Gasteiger partial charge < -0.3 is 4.57 Å². The van der Waals surface area contributed by atoms with E-state index in [4.69, 9.17) is 0 Å². The van der Waals surface area contributed by atoms with Gasteiger partial charge in [0, 0.05) is 29.8 Å². The second kappa shape index (κ2) is 6.29. The van der Waals surface area contributed by atoms with Gasteiger partial charge >= 0.3 is 0 Å². The summed E-state index contributed by atoms with van der Waals surface area (Å²) in [7, 11) is 0. The van der Waals surface area contributed by atoms with Crippen LogP contribution in [0.4, 0.5) is 5.69 Å². The Kier molecular flexibility index (Phi) is 3.81. The van der Waals surface area contributed by atoms with Gasteiger partial charge in [-0.2, -0.15) is 5.10 Å². The number of H-pyrrole nitrogens is 1. The fourth-order valence-electron chi connectivity index (χ4n) is 2.91. The van der Waals surface area contributed by atoms with Crippen molar-refractivity contribution in [1.82, 2.24) is 14.8 Å². The summed E-state index contributed by atoms with van der Waals surface area (Å²) in [4.78, 5) is 22.7. The molecule has 0 spiro atoms. The maximum Gasteiger partial charge on any atom is 0.269 e. The number of nitrogens with one attached hydrogen (secondary N) is 1. The zero-order valence-corrected chi connectivity index (χ0v) is 13.6. The molecule has 2 aromatic heterocycles. The van der Waals surface area contributed by atoms with Crippen LogP contribution in [0.1, 0.15) is 5.56 Å². The predicted molar refractivity (Wildman–Crippen MR) is 98.0 cm³/mol. The summed E-state index contributed by atoms with van der Waals surface area (Å²) in [6.45, 7) is 0.265. The number of nitrogens with zero attached hydrogens (tertiary/aromatic N) is 3. The van der Waals surface area contributed by atoms with Crippen LogP contribution in [0.3, 0.4) is 0 Å². The van der Waals surface area contributed by atoms with Crippen LogP contribution in [0.15, 0.2) is 71.8 Å². The summed E-state index contributed by atoms with van der Waals surface area (Å²) in [5.41, 5.74) is 3.29. The van der Waals surface area contributed by atoms with Crippen molar-refractivity contribution in [3.8, 4) is 11.1 Å². The predicted octanol–water partition coefficient (Wildman–Crippen LogP) is 3.35. The molecule has 4 rings (SSSR count). The summed E-state index contributed by atoms with van der Waals surface area (Å²) in [5.74, 6) is 0. The van der Waals surface area contributed by atoms with Crippen LogP contribution in [0.25, 0.3) is 22.0 Å². The monoisotopic (exact) mass is 346 g/mol. The van der Waals surface area contributed by atoms with E-state index in [0.717, 1.165) is 22.0 Å². The second-order valence-corrected chi connectivity index (χ2v) is 5.98. The van der Waals surface area contributed by atoms with E-state index in [-0.39, 0.29) is 17.8 Å². The lowest BCUT2D eigenvalue weighted by atomic mass is 10.1. The molecule has 0 aliphatic carbocycles. The van der Waals surface area contributed by atoms with Crippen LogP contribution in [0.2, 0.25) is 0 Å². The van der Waals surface area contributed by atoms with Crippen LogP contribution in [0.5, 0.6) is 0 Å². The number of aromatic amines is 1. The number of aromatic nitrogens is 3. The normalized spacial score (nSPS) is 10.9. The largest absolute Gasteiger partial charge is 0.310 e. The Hall–Kier alpha value is -3.74. The van der Waals surface area contributed by atoms with E-state index in [1.807, 2.05) is 18.2 Å². The van der Waals surface area contributed by atoms with Crippen molar-refractivity contribution in [2.45, 2.75) is 6.54 Å². The number of hydrogen-bond donors (Lipinski definition) is 1. The van der Waals surface area contributed by atoms with Crippen LogP contribution in [0, 0.1) is 10.1 Å². The Morgan fingerprint density at radius 2 is 1.92 bits per heavy atom. The molecule has 0 bridgehead atoms. The molecule has 26 heavy (non-hydrogen) atoms. The van der Waals surface area contributed by atoms with E-state index in [2.05, 4.69) is 10.2 Å². The first-order chi connectivity index (χ1) is 12.6. The molecule has 4 aromatic rings. The summed E-state index contributed by atoms with van der Waals surface area (Å²) in [6.07, 6.45) is 3.51. The van der Waals surface area contributed by atoms with Gasteiger partial charge in [0.25, 0.3) is 11.2 Å². The number of nitro groups is 1. The Balaban J connectivity index is 1.71. The molecule has 0 aliphatic heterocycles. The molecule has 0 saturated carbocycles. The highest BCUT2D eigenvalue weighted by molar-refractivity contribution is 5.83. The van der Waals surface area contributed by atoms with E-state index >= 15 is 0 Å². The van der Waals surface area contributed by atoms with Crippen molar-refractivity contribution in [2.24, 2.45) is 0 Å². The molecule has 1 N–H and O–H groups in total. The second-order valence-electron chi connectivity index (χ2n) is 5.98. The van der Waals surface area contributed by atoms with Gasteiger partial charge in [-0.3, -0.25) is 20.0 Å². The molecule has 2 aromatic carbocycles. The van der Waals surface area contributed by atoms with Crippen LogP contribution >= 0.6 is 0 Å². The van der Waals surface area contributed by atoms with E-state index in [1.165, 1.54) is 18.2 Å². The van der Waals surface area contributed by atoms with E-state index in [1.54, 1.807) is 35.2 Å². The number of pyridine rings is 1. The summed E-state index contributed by atoms with van der Waals surface area (Å²) >= 11 is 0. The third-order valence-electron chi connectivity index (χ3n) is 4.23. The highest BCUT2D eigenvalue weighted by Crippen LogP contribution is 2.22. The molecular weight excluding hydrogens is 332 g/mol. The molecule has 0 amide bonds. The number of non-ortho nitro benzene ring substituents is 1. The first-order valence-corrected chi connectivity index (χ1v) is 7.97. The number of fused-ring (bicyclic) bond motifs is 1. The molecular formula is C19H14N4O3. The lowest BCUT2D eigenvalue weighted by molar-refractivity contribution is -0.384. The van der Waals surface area contributed by atoms with Gasteiger partial charge in [0.05, 0.1) is 23.2 Å². The fraction of sp³-hybridized carbons (Fsp3) is 0.0526. The lowest BCUT2D eigenvalue weighted by Crippen LogP contribution is -2.19. The number of benzene rings is 2. The van der Waals surface area contributed by atoms with E-state index < -0.39 is 4.92 Å². The molecule has 0 radical (unpaired) electrons. The quantitative estimate of drug-likeness (QED) is 0.453. The lowest BCUT2D eigenvalue weighted by Gasteiger charge is -2.09. The molecule has 0 fully saturated rings. The highest BCUT2D eigenvalue weighted by Gasteiger charge is 2.08. The minimum atomic E-state index is -0.442. The minimum Gasteiger partial charge on any atom is -0.310 e. The number of hydrogen-bond acceptors (Lipinski definition) is 4. The molecule has 2 heterocycles. The third kappa shape index (κ3) is 2.98. The summed E-state index contributed by atoms with van der Waals surface area (Å²) < 4.78 is 1.55. The van der Waals surface area contributed by atoms with Gasteiger partial charge in [-0.15, -0.1) is 0 Å². The minimum absolute atomic E-state index is 0.0106. The average Bonchev–Trinajstić information content (AvgIpc) is 3.11. The van der Waals surface area contributed by atoms with Gasteiger partial charge in [-0.25, -0.2) is 0 Å². The molecule has 0 atom stereocenters. The van der Waals surface area contributed by atoms with Gasteiger partial charge in [0.1, 0.15) is 0 Å². The molecule has 7 nitrogen and oxygen atoms in total. The fourth-order valence-corrected chi connectivity index (χ4v) is 2.91. The van der Waals surface area contributed by atoms with Gasteiger partial charge in [0.15, 0.2) is 0 Å². The van der Waals surface area contributed by atoms with Gasteiger partial charge in [-0.05, 0) is 28.8 Å². The van der Waals surface area contributed by atoms with Crippen molar-refractivity contribution in [1.29, 1.82) is 0 Å². The Morgan fingerprint density at radius 3 is 2.77 bits per heavy atom. The maximum atomic E-state index is 12.2. The molecule has 0 saturated heterocycles. The maximum absolute atomic E-state index is 12.2. The Morgan fingerprint density at radius 1 is 1.08 bits per heavy atom. The highest BCUT2D eigenvalue weighted by atomic mass is 16.6. The molecule has 0 aliphatic rings. The summed E-state index contributed by atoms with van der Waals surface area (Å²) in [6, 6.07) is 15.5. The van der Waals surface area contributed by atoms with Crippen molar-refractivity contribution in [2.75, 3.05) is 0 Å². The number of nitro benzene ring substituents is 1. The zero-order chi connectivity index (χ0) is 18.1. The Labute approximate surface area is 147 Å². The first kappa shape index (κ1) is 15.8. The van der Waals surface area contributed by atoms with Crippen LogP contribution in [-0.2, 0) is 6.54 Å². The summed E-state index contributed by atoms with van der Waals surface area (Å²) in [5, 5.41) is 18.9. The average molecular weight is 346 g/mol. The van der Waals surface area contributed by atoms with E-state index in [9.17, 15) is 14.9 Å².